The predicted octanol–water partition coefficient (Wildman–Crippen LogP) is 4.26. The molecule has 1 aliphatic carbocycles. The molecule has 5 rings (SSSR count). The summed E-state index contributed by atoms with van der Waals surface area (Å²) in [5.74, 6) is 2.31. The Morgan fingerprint density at radius 1 is 1.13 bits per heavy atom. The summed E-state index contributed by atoms with van der Waals surface area (Å²) in [6.07, 6.45) is 8.04. The first kappa shape index (κ1) is 20.0. The zero-order chi connectivity index (χ0) is 21.4. The van der Waals surface area contributed by atoms with Crippen molar-refractivity contribution >= 4 is 11.6 Å². The number of amides is 1. The van der Waals surface area contributed by atoms with Crippen molar-refractivity contribution in [2.75, 3.05) is 20.2 Å². The van der Waals surface area contributed by atoms with Gasteiger partial charge in [-0.1, -0.05) is 31.0 Å². The van der Waals surface area contributed by atoms with Gasteiger partial charge in [0.2, 0.25) is 5.91 Å². The molecule has 1 saturated heterocycles. The van der Waals surface area contributed by atoms with E-state index < -0.39 is 5.41 Å². The number of aryl methyl sites for hydroxylation is 1. The van der Waals surface area contributed by atoms with Crippen LogP contribution < -0.4 is 4.74 Å². The van der Waals surface area contributed by atoms with Gasteiger partial charge in [-0.25, -0.2) is 0 Å². The zero-order valence-corrected chi connectivity index (χ0v) is 18.4. The quantitative estimate of drug-likeness (QED) is 0.635. The average molecular weight is 419 g/mol. The number of aromatic nitrogens is 3. The summed E-state index contributed by atoms with van der Waals surface area (Å²) < 4.78 is 7.64. The number of likely N-dealkylation sites (tertiary alicyclic amines) is 1. The third kappa shape index (κ3) is 3.38. The molecular formula is C25H30N4O2. The molecule has 6 nitrogen and oxygen atoms in total. The number of nitrogens with zero attached hydrogens (tertiary/aromatic N) is 4. The number of benzene rings is 1. The van der Waals surface area contributed by atoms with Gasteiger partial charge in [-0.05, 0) is 61.9 Å². The van der Waals surface area contributed by atoms with Gasteiger partial charge in [-0.3, -0.25) is 9.20 Å². The third-order valence-corrected chi connectivity index (χ3v) is 7.24. The summed E-state index contributed by atoms with van der Waals surface area (Å²) in [6.45, 7) is 3.57. The molecule has 6 heteroatoms. The van der Waals surface area contributed by atoms with E-state index in [2.05, 4.69) is 37.7 Å². The molecule has 1 atom stereocenters. The van der Waals surface area contributed by atoms with E-state index >= 15 is 0 Å². The average Bonchev–Trinajstić information content (AvgIpc) is 3.47. The SMILES string of the molecule is COc1cc(C2(C(=O)N3CCCC(c4nnc5ccccn45)C3)CCCC2)ccc1C. The van der Waals surface area contributed by atoms with Gasteiger partial charge in [0.15, 0.2) is 5.65 Å². The fourth-order valence-electron chi connectivity index (χ4n) is 5.54. The van der Waals surface area contributed by atoms with Crippen LogP contribution >= 0.6 is 0 Å². The fourth-order valence-corrected chi connectivity index (χ4v) is 5.54. The van der Waals surface area contributed by atoms with Gasteiger partial charge in [-0.2, -0.15) is 0 Å². The number of carbonyl (C=O) groups is 1. The highest BCUT2D eigenvalue weighted by atomic mass is 16.5. The highest BCUT2D eigenvalue weighted by molar-refractivity contribution is 5.89. The lowest BCUT2D eigenvalue weighted by molar-refractivity contribution is -0.138. The number of fused-ring (bicyclic) bond motifs is 1. The molecule has 162 valence electrons. The molecule has 31 heavy (non-hydrogen) atoms. The lowest BCUT2D eigenvalue weighted by Crippen LogP contribution is -2.49. The highest BCUT2D eigenvalue weighted by Crippen LogP contribution is 2.45. The lowest BCUT2D eigenvalue weighted by Gasteiger charge is -2.39. The fraction of sp³-hybridized carbons (Fsp3) is 0.480. The Balaban J connectivity index is 1.45. The number of hydrogen-bond donors (Lipinski definition) is 0. The summed E-state index contributed by atoms with van der Waals surface area (Å²) in [5, 5.41) is 8.80. The Bertz CT molecular complexity index is 1100. The van der Waals surface area contributed by atoms with Crippen LogP contribution in [-0.4, -0.2) is 45.6 Å². The molecule has 0 N–H and O–H groups in total. The number of piperidine rings is 1. The van der Waals surface area contributed by atoms with E-state index in [0.29, 0.717) is 6.54 Å². The molecule has 1 unspecified atom stereocenters. The largest absolute Gasteiger partial charge is 0.496 e. The zero-order valence-electron chi connectivity index (χ0n) is 18.4. The van der Waals surface area contributed by atoms with E-state index in [1.165, 1.54) is 0 Å². The van der Waals surface area contributed by atoms with Crippen LogP contribution in [0, 0.1) is 6.92 Å². The van der Waals surface area contributed by atoms with Crippen LogP contribution in [0.2, 0.25) is 0 Å². The van der Waals surface area contributed by atoms with Crippen molar-refractivity contribution in [3.63, 3.8) is 0 Å². The number of methoxy groups -OCH3 is 1. The van der Waals surface area contributed by atoms with Crippen molar-refractivity contribution in [3.05, 3.63) is 59.5 Å². The minimum Gasteiger partial charge on any atom is -0.496 e. The van der Waals surface area contributed by atoms with E-state index in [1.54, 1.807) is 7.11 Å². The lowest BCUT2D eigenvalue weighted by atomic mass is 9.76. The van der Waals surface area contributed by atoms with Gasteiger partial charge in [-0.15, -0.1) is 10.2 Å². The molecule has 3 aromatic rings. The molecule has 1 saturated carbocycles. The summed E-state index contributed by atoms with van der Waals surface area (Å²) in [5.41, 5.74) is 2.63. The van der Waals surface area contributed by atoms with Crippen LogP contribution in [0.25, 0.3) is 5.65 Å². The molecule has 1 aliphatic heterocycles. The number of carbonyl (C=O) groups excluding carboxylic acids is 1. The van der Waals surface area contributed by atoms with Crippen LogP contribution in [0.15, 0.2) is 42.6 Å². The number of rotatable bonds is 4. The maximum Gasteiger partial charge on any atom is 0.233 e. The monoisotopic (exact) mass is 418 g/mol. The summed E-state index contributed by atoms with van der Waals surface area (Å²) in [6, 6.07) is 12.3. The highest BCUT2D eigenvalue weighted by Gasteiger charge is 2.46. The second-order valence-electron chi connectivity index (χ2n) is 9.05. The predicted molar refractivity (Wildman–Crippen MR) is 119 cm³/mol. The Labute approximate surface area is 183 Å². The normalized spacial score (nSPS) is 20.8. The first-order valence-corrected chi connectivity index (χ1v) is 11.4. The van der Waals surface area contributed by atoms with Gasteiger partial charge >= 0.3 is 0 Å². The van der Waals surface area contributed by atoms with Gasteiger partial charge in [0.05, 0.1) is 12.5 Å². The molecule has 2 aromatic heterocycles. The summed E-state index contributed by atoms with van der Waals surface area (Å²) >= 11 is 0. The Morgan fingerprint density at radius 3 is 2.77 bits per heavy atom. The van der Waals surface area contributed by atoms with Crippen molar-refractivity contribution in [3.8, 4) is 5.75 Å². The van der Waals surface area contributed by atoms with Crippen LogP contribution in [0.3, 0.4) is 0 Å². The number of hydrogen-bond acceptors (Lipinski definition) is 4. The third-order valence-electron chi connectivity index (χ3n) is 7.24. The molecule has 0 radical (unpaired) electrons. The maximum absolute atomic E-state index is 14.0. The van der Waals surface area contributed by atoms with Crippen LogP contribution in [0.1, 0.15) is 61.4 Å². The van der Waals surface area contributed by atoms with Gasteiger partial charge in [0.1, 0.15) is 11.6 Å². The second kappa shape index (κ2) is 7.98. The molecule has 1 aromatic carbocycles. The minimum atomic E-state index is -0.435. The summed E-state index contributed by atoms with van der Waals surface area (Å²) in [4.78, 5) is 16.1. The van der Waals surface area contributed by atoms with Crippen molar-refractivity contribution in [1.82, 2.24) is 19.5 Å². The topological polar surface area (TPSA) is 59.7 Å². The van der Waals surface area contributed by atoms with Gasteiger partial charge < -0.3 is 9.64 Å². The van der Waals surface area contributed by atoms with E-state index in [4.69, 9.17) is 4.74 Å². The smallest absolute Gasteiger partial charge is 0.233 e. The van der Waals surface area contributed by atoms with E-state index in [0.717, 1.165) is 73.4 Å². The van der Waals surface area contributed by atoms with E-state index in [-0.39, 0.29) is 11.8 Å². The van der Waals surface area contributed by atoms with Gasteiger partial charge in [0, 0.05) is 25.2 Å². The number of pyridine rings is 1. The van der Waals surface area contributed by atoms with Crippen LogP contribution in [0.4, 0.5) is 0 Å². The van der Waals surface area contributed by atoms with E-state index in [9.17, 15) is 4.79 Å². The number of ether oxygens (including phenoxy) is 1. The maximum atomic E-state index is 14.0. The molecule has 0 spiro atoms. The van der Waals surface area contributed by atoms with E-state index in [1.807, 2.05) is 31.3 Å². The Morgan fingerprint density at radius 2 is 1.97 bits per heavy atom. The molecule has 2 fully saturated rings. The Hall–Kier alpha value is -2.89. The van der Waals surface area contributed by atoms with Gasteiger partial charge in [0.25, 0.3) is 0 Å². The molecule has 1 amide bonds. The Kier molecular flexibility index (Phi) is 5.16. The first-order chi connectivity index (χ1) is 15.1. The second-order valence-corrected chi connectivity index (χ2v) is 9.05. The molecule has 2 aliphatic rings. The van der Waals surface area contributed by atoms with Crippen molar-refractivity contribution < 1.29 is 9.53 Å². The first-order valence-electron chi connectivity index (χ1n) is 11.4. The standard InChI is InChI=1S/C25H30N4O2/c1-18-10-11-20(16-21(18)31-2)25(12-4-5-13-25)24(30)28-14-7-8-19(17-28)23-27-26-22-9-3-6-15-29(22)23/h3,6,9-11,15-16,19H,4-5,7-8,12-14,17H2,1-2H3. The van der Waals surface area contributed by atoms with Crippen molar-refractivity contribution in [1.29, 1.82) is 0 Å². The minimum absolute atomic E-state index is 0.209. The molecule has 3 heterocycles. The molecule has 0 bridgehead atoms. The van der Waals surface area contributed by atoms with Crippen LogP contribution in [0.5, 0.6) is 5.75 Å². The molecular weight excluding hydrogens is 388 g/mol. The summed E-state index contributed by atoms with van der Waals surface area (Å²) in [7, 11) is 1.70. The van der Waals surface area contributed by atoms with Crippen molar-refractivity contribution in [2.24, 2.45) is 0 Å². The van der Waals surface area contributed by atoms with Crippen LogP contribution in [-0.2, 0) is 10.2 Å². The van der Waals surface area contributed by atoms with Crippen molar-refractivity contribution in [2.45, 2.75) is 56.8 Å².